The lowest BCUT2D eigenvalue weighted by molar-refractivity contribution is -0.159. The van der Waals surface area contributed by atoms with Crippen LogP contribution in [0.4, 0.5) is 0 Å². The average molecular weight is 344 g/mol. The van der Waals surface area contributed by atoms with Gasteiger partial charge < -0.3 is 13.9 Å². The van der Waals surface area contributed by atoms with E-state index in [-0.39, 0.29) is 30.3 Å². The molecule has 1 aromatic heterocycles. The van der Waals surface area contributed by atoms with Gasteiger partial charge in [-0.05, 0) is 30.0 Å². The predicted octanol–water partition coefficient (Wildman–Crippen LogP) is 2.99. The van der Waals surface area contributed by atoms with E-state index in [4.69, 9.17) is 13.9 Å². The highest BCUT2D eigenvalue weighted by Gasteiger charge is 2.33. The Morgan fingerprint density at radius 1 is 0.960 bits per heavy atom. The molecule has 25 heavy (non-hydrogen) atoms. The fraction of sp³-hybridized carbons (Fsp3) is 0.316. The lowest BCUT2D eigenvalue weighted by atomic mass is 9.85. The van der Waals surface area contributed by atoms with Crippen molar-refractivity contribution in [1.82, 2.24) is 0 Å². The molecule has 2 aromatic rings. The zero-order valence-electron chi connectivity index (χ0n) is 14.1. The first kappa shape index (κ1) is 18.4. The standard InChI is InChI=1S/C19H20O6/c1-23-18(21)15(19(22)24-2)11-14(13-7-4-3-5-8-13)12-16(20)17-9-6-10-25-17/h3-10,14-15H,11-12H2,1-2H3. The number of esters is 2. The molecule has 0 radical (unpaired) electrons. The van der Waals surface area contributed by atoms with E-state index < -0.39 is 17.9 Å². The molecule has 0 aliphatic rings. The van der Waals surface area contributed by atoms with Crippen molar-refractivity contribution < 1.29 is 28.3 Å². The van der Waals surface area contributed by atoms with Crippen LogP contribution >= 0.6 is 0 Å². The predicted molar refractivity (Wildman–Crippen MR) is 89.0 cm³/mol. The van der Waals surface area contributed by atoms with E-state index in [1.807, 2.05) is 30.3 Å². The van der Waals surface area contributed by atoms with Gasteiger partial charge in [0.25, 0.3) is 0 Å². The maximum atomic E-state index is 12.4. The molecule has 0 N–H and O–H groups in total. The van der Waals surface area contributed by atoms with E-state index >= 15 is 0 Å². The van der Waals surface area contributed by atoms with Crippen LogP contribution in [0.2, 0.25) is 0 Å². The minimum atomic E-state index is -1.09. The minimum Gasteiger partial charge on any atom is -0.468 e. The summed E-state index contributed by atoms with van der Waals surface area (Å²) in [6.45, 7) is 0. The second kappa shape index (κ2) is 8.82. The van der Waals surface area contributed by atoms with Gasteiger partial charge in [0.05, 0.1) is 20.5 Å². The van der Waals surface area contributed by atoms with Crippen molar-refractivity contribution in [3.05, 3.63) is 60.1 Å². The summed E-state index contributed by atoms with van der Waals surface area (Å²) in [6, 6.07) is 12.5. The highest BCUT2D eigenvalue weighted by Crippen LogP contribution is 2.30. The zero-order chi connectivity index (χ0) is 18.2. The number of rotatable bonds is 8. The van der Waals surface area contributed by atoms with Gasteiger partial charge in [-0.3, -0.25) is 14.4 Å². The van der Waals surface area contributed by atoms with E-state index in [0.717, 1.165) is 5.56 Å². The second-order valence-corrected chi connectivity index (χ2v) is 5.55. The Balaban J connectivity index is 2.26. The molecule has 0 aliphatic heterocycles. The Morgan fingerprint density at radius 2 is 1.60 bits per heavy atom. The smallest absolute Gasteiger partial charge is 0.320 e. The van der Waals surface area contributed by atoms with Gasteiger partial charge in [0.2, 0.25) is 0 Å². The summed E-state index contributed by atoms with van der Waals surface area (Å²) >= 11 is 0. The lowest BCUT2D eigenvalue weighted by Crippen LogP contribution is -2.29. The summed E-state index contributed by atoms with van der Waals surface area (Å²) < 4.78 is 14.6. The molecule has 1 unspecified atom stereocenters. The van der Waals surface area contributed by atoms with E-state index in [9.17, 15) is 14.4 Å². The molecule has 0 bridgehead atoms. The van der Waals surface area contributed by atoms with Crippen LogP contribution in [0.25, 0.3) is 0 Å². The highest BCUT2D eigenvalue weighted by atomic mass is 16.5. The Morgan fingerprint density at radius 3 is 2.12 bits per heavy atom. The maximum Gasteiger partial charge on any atom is 0.320 e. The summed E-state index contributed by atoms with van der Waals surface area (Å²) in [5.41, 5.74) is 0.847. The van der Waals surface area contributed by atoms with Crippen LogP contribution in [0.1, 0.15) is 34.9 Å². The highest BCUT2D eigenvalue weighted by molar-refractivity contribution is 5.96. The quantitative estimate of drug-likeness (QED) is 0.416. The lowest BCUT2D eigenvalue weighted by Gasteiger charge is -2.20. The van der Waals surface area contributed by atoms with Crippen molar-refractivity contribution in [3.8, 4) is 0 Å². The Kier molecular flexibility index (Phi) is 6.51. The number of ether oxygens (including phenoxy) is 2. The Bertz CT molecular complexity index is 689. The summed E-state index contributed by atoms with van der Waals surface area (Å²) in [5.74, 6) is -2.77. The third-order valence-electron chi connectivity index (χ3n) is 3.99. The molecule has 6 heteroatoms. The summed E-state index contributed by atoms with van der Waals surface area (Å²) in [6.07, 6.45) is 1.63. The van der Waals surface area contributed by atoms with E-state index in [1.165, 1.54) is 20.5 Å². The number of ketones is 1. The maximum absolute atomic E-state index is 12.4. The van der Waals surface area contributed by atoms with Gasteiger partial charge in [0.15, 0.2) is 17.5 Å². The minimum absolute atomic E-state index is 0.0992. The third kappa shape index (κ3) is 4.79. The Hall–Kier alpha value is -2.89. The van der Waals surface area contributed by atoms with Crippen molar-refractivity contribution in [2.45, 2.75) is 18.8 Å². The van der Waals surface area contributed by atoms with Gasteiger partial charge >= 0.3 is 11.9 Å². The van der Waals surface area contributed by atoms with E-state index in [2.05, 4.69) is 0 Å². The van der Waals surface area contributed by atoms with Gasteiger partial charge in [-0.25, -0.2) is 0 Å². The first-order valence-electron chi connectivity index (χ1n) is 7.84. The van der Waals surface area contributed by atoms with Crippen LogP contribution in [0, 0.1) is 5.92 Å². The molecule has 1 atom stereocenters. The van der Waals surface area contributed by atoms with Crippen molar-refractivity contribution in [3.63, 3.8) is 0 Å². The van der Waals surface area contributed by atoms with E-state index in [0.29, 0.717) is 0 Å². The van der Waals surface area contributed by atoms with Crippen LogP contribution < -0.4 is 0 Å². The fourth-order valence-corrected chi connectivity index (χ4v) is 2.68. The molecule has 0 aliphatic carbocycles. The number of furan rings is 1. The van der Waals surface area contributed by atoms with Crippen LogP contribution in [0.15, 0.2) is 53.1 Å². The molecule has 0 saturated heterocycles. The second-order valence-electron chi connectivity index (χ2n) is 5.55. The molecule has 0 fully saturated rings. The molecule has 1 aromatic carbocycles. The van der Waals surface area contributed by atoms with Crippen molar-refractivity contribution in [2.24, 2.45) is 5.92 Å². The van der Waals surface area contributed by atoms with Gasteiger partial charge in [-0.1, -0.05) is 30.3 Å². The van der Waals surface area contributed by atoms with Gasteiger partial charge in [-0.2, -0.15) is 0 Å². The molecule has 0 amide bonds. The SMILES string of the molecule is COC(=O)C(CC(CC(=O)c1ccco1)c1ccccc1)C(=O)OC. The van der Waals surface area contributed by atoms with Crippen LogP contribution in [0.5, 0.6) is 0 Å². The van der Waals surface area contributed by atoms with Crippen molar-refractivity contribution >= 4 is 17.7 Å². The van der Waals surface area contributed by atoms with Crippen LogP contribution in [-0.4, -0.2) is 31.9 Å². The molecule has 0 spiro atoms. The normalized spacial score (nSPS) is 11.8. The molecule has 132 valence electrons. The number of hydrogen-bond acceptors (Lipinski definition) is 6. The average Bonchev–Trinajstić information content (AvgIpc) is 3.19. The number of carbonyl (C=O) groups is 3. The van der Waals surface area contributed by atoms with Crippen molar-refractivity contribution in [1.29, 1.82) is 0 Å². The number of hydrogen-bond donors (Lipinski definition) is 0. The van der Waals surface area contributed by atoms with Gasteiger partial charge in [0, 0.05) is 6.42 Å². The van der Waals surface area contributed by atoms with Crippen LogP contribution in [-0.2, 0) is 19.1 Å². The Labute approximate surface area is 145 Å². The first-order chi connectivity index (χ1) is 12.1. The van der Waals surface area contributed by atoms with Gasteiger partial charge in [0.1, 0.15) is 0 Å². The number of carbonyl (C=O) groups excluding carboxylic acids is 3. The third-order valence-corrected chi connectivity index (χ3v) is 3.99. The van der Waals surface area contributed by atoms with Crippen LogP contribution in [0.3, 0.4) is 0 Å². The number of Topliss-reactive ketones (excluding diaryl/α,β-unsaturated/α-hetero) is 1. The number of methoxy groups -OCH3 is 2. The van der Waals surface area contributed by atoms with E-state index in [1.54, 1.807) is 12.1 Å². The summed E-state index contributed by atoms with van der Waals surface area (Å²) in [4.78, 5) is 36.4. The van der Waals surface area contributed by atoms with Crippen molar-refractivity contribution in [2.75, 3.05) is 14.2 Å². The molecule has 2 rings (SSSR count). The fourth-order valence-electron chi connectivity index (χ4n) is 2.68. The molecule has 1 heterocycles. The monoisotopic (exact) mass is 344 g/mol. The summed E-state index contributed by atoms with van der Waals surface area (Å²) in [5, 5.41) is 0. The topological polar surface area (TPSA) is 82.8 Å². The zero-order valence-corrected chi connectivity index (χ0v) is 14.1. The summed E-state index contributed by atoms with van der Waals surface area (Å²) in [7, 11) is 2.42. The largest absolute Gasteiger partial charge is 0.468 e. The molecular formula is C19H20O6. The first-order valence-corrected chi connectivity index (χ1v) is 7.84. The number of benzene rings is 1. The van der Waals surface area contributed by atoms with Gasteiger partial charge in [-0.15, -0.1) is 0 Å². The molecule has 0 saturated carbocycles. The molecule has 6 nitrogen and oxygen atoms in total. The molecular weight excluding hydrogens is 324 g/mol.